The number of nitrogens with zero attached hydrogens (tertiary/aromatic N) is 5. The van der Waals surface area contributed by atoms with Crippen molar-refractivity contribution in [2.45, 2.75) is 0 Å². The first kappa shape index (κ1) is 15.8. The van der Waals surface area contributed by atoms with Crippen molar-refractivity contribution >= 4 is 68.4 Å². The molecule has 0 heterocycles. The summed E-state index contributed by atoms with van der Waals surface area (Å²) in [4.78, 5) is 21.2. The van der Waals surface area contributed by atoms with Gasteiger partial charge >= 0.3 is 11.4 Å². The van der Waals surface area contributed by atoms with Gasteiger partial charge in [-0.1, -0.05) is 5.11 Å². The fourth-order valence-electron chi connectivity index (χ4n) is 1.05. The van der Waals surface area contributed by atoms with Crippen LogP contribution in [-0.4, -0.2) is 66.3 Å². The van der Waals surface area contributed by atoms with Crippen molar-refractivity contribution < 1.29 is 15.0 Å². The van der Waals surface area contributed by atoms with Crippen LogP contribution in [0.3, 0.4) is 0 Å². The van der Waals surface area contributed by atoms with E-state index < -0.39 is 32.7 Å². The number of azide groups is 1. The first-order chi connectivity index (χ1) is 7.49. The summed E-state index contributed by atoms with van der Waals surface area (Å²) in [5.74, 6) is -0.867. The Hall–Kier alpha value is -1.23. The molecule has 83 valence electrons. The van der Waals surface area contributed by atoms with Crippen molar-refractivity contribution in [3.8, 4) is 5.75 Å². The fourth-order valence-corrected chi connectivity index (χ4v) is 1.05. The molecule has 0 fully saturated rings. The topological polar surface area (TPSA) is 155 Å². The number of benzene rings is 1. The van der Waals surface area contributed by atoms with Gasteiger partial charge in [-0.2, -0.15) is 0 Å². The molecule has 17 heavy (non-hydrogen) atoms. The maximum Gasteiger partial charge on any atom is 0.387 e. The van der Waals surface area contributed by atoms with Crippen LogP contribution in [0.4, 0.5) is 17.1 Å². The third-order valence-corrected chi connectivity index (χ3v) is 1.63. The molecule has 0 aliphatic rings. The van der Waals surface area contributed by atoms with Crippen molar-refractivity contribution in [3.63, 3.8) is 0 Å². The summed E-state index contributed by atoms with van der Waals surface area (Å²) >= 11 is 0. The normalized spacial score (nSPS) is 8.71. The molecule has 0 aliphatic heterocycles. The molecule has 0 aromatic heterocycles. The second-order valence-corrected chi connectivity index (χ2v) is 2.50. The van der Waals surface area contributed by atoms with Gasteiger partial charge in [0, 0.05) is 56.3 Å². The van der Waals surface area contributed by atoms with Crippen molar-refractivity contribution in [2.24, 2.45) is 5.11 Å². The van der Waals surface area contributed by atoms with Gasteiger partial charge in [0.15, 0.2) is 0 Å². The van der Waals surface area contributed by atoms with Crippen molar-refractivity contribution in [3.05, 3.63) is 42.8 Å². The summed E-state index contributed by atoms with van der Waals surface area (Å²) in [7, 11) is 0. The van der Waals surface area contributed by atoms with E-state index in [9.17, 15) is 20.2 Å². The summed E-state index contributed by atoms with van der Waals surface area (Å²) in [5.41, 5.74) is 5.46. The Bertz CT molecular complexity index is 526. The second-order valence-electron chi connectivity index (χ2n) is 2.50. The van der Waals surface area contributed by atoms with Crippen molar-refractivity contribution in [1.29, 1.82) is 0 Å². The molecule has 0 unspecified atom stereocenters. The molecule has 1 radical (unpaired) electrons. The average molecular weight is 264 g/mol. The van der Waals surface area contributed by atoms with Gasteiger partial charge in [0.1, 0.15) is 5.69 Å². The number of rotatable bonds is 3. The van der Waals surface area contributed by atoms with Crippen LogP contribution in [0, 0.1) is 20.2 Å². The maximum absolute atomic E-state index is 10.6. The number of aromatic hydroxyl groups is 1. The van der Waals surface area contributed by atoms with E-state index >= 15 is 0 Å². The SMILES string of the molecule is [K].[N-]=[N+]=Nc1ccc(O)c([N+](=O)[O-])c1[N+](=O)[O-]. The zero-order chi connectivity index (χ0) is 12.3. The fraction of sp³-hybridized carbons (Fsp3) is 0. The minimum Gasteiger partial charge on any atom is -0.502 e. The molecule has 1 N–H and O–H groups in total. The molecule has 0 atom stereocenters. The van der Waals surface area contributed by atoms with E-state index in [0.717, 1.165) is 12.1 Å². The molecule has 0 saturated heterocycles. The van der Waals surface area contributed by atoms with Crippen LogP contribution in [0.25, 0.3) is 10.4 Å². The number of nitro benzene ring substituents is 2. The van der Waals surface area contributed by atoms with Crippen LogP contribution in [0.15, 0.2) is 17.2 Å². The molecule has 0 saturated carbocycles. The standard InChI is InChI=1S/C6H3N5O5.K/c7-9-8-3-1-2-4(12)6(11(15)16)5(3)10(13)14;/h1-2,12H;. The van der Waals surface area contributed by atoms with E-state index in [-0.39, 0.29) is 51.4 Å². The molecule has 0 bridgehead atoms. The molecule has 0 aliphatic carbocycles. The first-order valence-corrected chi connectivity index (χ1v) is 3.69. The molecule has 1 aromatic carbocycles. The van der Waals surface area contributed by atoms with Gasteiger partial charge in [0.25, 0.3) is 0 Å². The zero-order valence-corrected chi connectivity index (χ0v) is 11.6. The van der Waals surface area contributed by atoms with E-state index in [1.165, 1.54) is 0 Å². The van der Waals surface area contributed by atoms with E-state index in [2.05, 4.69) is 10.0 Å². The number of phenols is 1. The molecule has 0 amide bonds. The van der Waals surface area contributed by atoms with Crippen LogP contribution >= 0.6 is 0 Å². The summed E-state index contributed by atoms with van der Waals surface area (Å²) in [6.07, 6.45) is 0. The molecule has 1 aromatic rings. The zero-order valence-electron chi connectivity index (χ0n) is 8.47. The number of phenolic OH excluding ortho intramolecular Hbond substituents is 1. The molecular formula is C6H3KN5O5. The number of hydrogen-bond acceptors (Lipinski definition) is 6. The molecule has 10 nitrogen and oxygen atoms in total. The van der Waals surface area contributed by atoms with E-state index in [1.807, 2.05) is 0 Å². The van der Waals surface area contributed by atoms with Gasteiger partial charge in [-0.05, 0) is 17.7 Å². The number of hydrogen-bond donors (Lipinski definition) is 1. The summed E-state index contributed by atoms with van der Waals surface area (Å²) in [5, 5.41) is 33.1. The van der Waals surface area contributed by atoms with Gasteiger partial charge in [0.2, 0.25) is 5.75 Å². The Morgan fingerprint density at radius 1 is 1.24 bits per heavy atom. The van der Waals surface area contributed by atoms with Gasteiger partial charge in [-0.15, -0.1) is 0 Å². The Kier molecular flexibility index (Phi) is 6.02. The van der Waals surface area contributed by atoms with Crippen molar-refractivity contribution in [1.82, 2.24) is 0 Å². The Morgan fingerprint density at radius 2 is 1.76 bits per heavy atom. The third-order valence-electron chi connectivity index (χ3n) is 1.63. The molecule has 11 heteroatoms. The van der Waals surface area contributed by atoms with Crippen molar-refractivity contribution in [2.75, 3.05) is 0 Å². The second kappa shape index (κ2) is 6.49. The summed E-state index contributed by atoms with van der Waals surface area (Å²) < 4.78 is 0. The number of nitro groups is 2. The van der Waals surface area contributed by atoms with Crippen LogP contribution in [0.2, 0.25) is 0 Å². The van der Waals surface area contributed by atoms with Gasteiger partial charge in [-0.3, -0.25) is 20.2 Å². The predicted octanol–water partition coefficient (Wildman–Crippen LogP) is 1.77. The molecular weight excluding hydrogens is 261 g/mol. The van der Waals surface area contributed by atoms with Crippen LogP contribution in [-0.2, 0) is 0 Å². The van der Waals surface area contributed by atoms with Gasteiger partial charge < -0.3 is 5.11 Å². The van der Waals surface area contributed by atoms with Gasteiger partial charge in [0.05, 0.1) is 9.85 Å². The van der Waals surface area contributed by atoms with E-state index in [4.69, 9.17) is 10.6 Å². The average Bonchev–Trinajstić information content (AvgIpc) is 2.19. The third kappa shape index (κ3) is 3.36. The summed E-state index contributed by atoms with van der Waals surface area (Å²) in [6, 6.07) is 1.76. The quantitative estimate of drug-likeness (QED) is 0.220. The Labute approximate surface area is 136 Å². The van der Waals surface area contributed by atoms with Crippen LogP contribution in [0.5, 0.6) is 5.75 Å². The first-order valence-electron chi connectivity index (χ1n) is 3.69. The minimum atomic E-state index is -1.12. The minimum absolute atomic E-state index is 0. The Balaban J connectivity index is 0.00000256. The Morgan fingerprint density at radius 3 is 2.18 bits per heavy atom. The maximum atomic E-state index is 10.6. The monoisotopic (exact) mass is 264 g/mol. The van der Waals surface area contributed by atoms with E-state index in [1.54, 1.807) is 0 Å². The largest absolute Gasteiger partial charge is 0.502 e. The molecule has 1 rings (SSSR count). The van der Waals surface area contributed by atoms with Gasteiger partial charge in [-0.25, -0.2) is 0 Å². The van der Waals surface area contributed by atoms with Crippen LogP contribution in [0.1, 0.15) is 0 Å². The smallest absolute Gasteiger partial charge is 0.387 e. The van der Waals surface area contributed by atoms with Crippen LogP contribution < -0.4 is 0 Å². The summed E-state index contributed by atoms with van der Waals surface area (Å²) in [6.45, 7) is 0. The molecule has 0 spiro atoms. The van der Waals surface area contributed by atoms with E-state index in [0.29, 0.717) is 0 Å². The predicted molar refractivity (Wildman–Crippen MR) is 56.0 cm³/mol.